The smallest absolute Gasteiger partial charge is 0.237 e. The van der Waals surface area contributed by atoms with Gasteiger partial charge in [0.05, 0.1) is 6.04 Å². The number of carbonyl (C=O) groups excluding carboxylic acids is 1. The maximum Gasteiger partial charge on any atom is 0.237 e. The Kier molecular flexibility index (Phi) is 5.17. The predicted molar refractivity (Wildman–Crippen MR) is 85.2 cm³/mol. The van der Waals surface area contributed by atoms with Gasteiger partial charge in [-0.2, -0.15) is 0 Å². The highest BCUT2D eigenvalue weighted by Gasteiger charge is 2.36. The van der Waals surface area contributed by atoms with Crippen LogP contribution in [0.5, 0.6) is 0 Å². The topological polar surface area (TPSA) is 44.4 Å². The zero-order chi connectivity index (χ0) is 14.7. The van der Waals surface area contributed by atoms with Crippen LogP contribution in [-0.4, -0.2) is 48.6 Å². The van der Waals surface area contributed by atoms with Gasteiger partial charge in [0, 0.05) is 12.1 Å². The monoisotopic (exact) mass is 293 g/mol. The van der Waals surface area contributed by atoms with Crippen LogP contribution < -0.4 is 10.6 Å². The molecule has 2 N–H and O–H groups in total. The predicted octanol–water partition coefficient (Wildman–Crippen LogP) is 1.90. The summed E-state index contributed by atoms with van der Waals surface area (Å²) in [4.78, 5) is 15.2. The van der Waals surface area contributed by atoms with E-state index >= 15 is 0 Å². The molecule has 2 aliphatic heterocycles. The van der Waals surface area contributed by atoms with Gasteiger partial charge in [-0.25, -0.2) is 0 Å². The maximum absolute atomic E-state index is 12.7. The minimum Gasteiger partial charge on any atom is -0.352 e. The lowest BCUT2D eigenvalue weighted by atomic mass is 9.99. The van der Waals surface area contributed by atoms with Crippen molar-refractivity contribution in [3.63, 3.8) is 0 Å². The summed E-state index contributed by atoms with van der Waals surface area (Å²) in [5, 5.41) is 6.76. The lowest BCUT2D eigenvalue weighted by Gasteiger charge is -2.35. The fourth-order valence-electron chi connectivity index (χ4n) is 4.54. The van der Waals surface area contributed by atoms with Gasteiger partial charge in [-0.3, -0.25) is 9.69 Å². The van der Waals surface area contributed by atoms with Crippen LogP contribution in [0.25, 0.3) is 0 Å². The number of carbonyl (C=O) groups is 1. The molecule has 21 heavy (non-hydrogen) atoms. The normalized spacial score (nSPS) is 30.6. The SMILES string of the molecule is C[C@H](NC(=O)C1CCCN1C1CCNCC1)C1CCCC1. The van der Waals surface area contributed by atoms with Crippen molar-refractivity contribution < 1.29 is 4.79 Å². The molecule has 3 aliphatic rings. The van der Waals surface area contributed by atoms with Crippen LogP contribution in [0.4, 0.5) is 0 Å². The first kappa shape index (κ1) is 15.3. The second kappa shape index (κ2) is 7.10. The molecule has 0 aromatic heterocycles. The fraction of sp³-hybridized carbons (Fsp3) is 0.941. The zero-order valence-corrected chi connectivity index (χ0v) is 13.4. The molecule has 0 bridgehead atoms. The van der Waals surface area contributed by atoms with E-state index in [1.807, 2.05) is 0 Å². The van der Waals surface area contributed by atoms with Crippen molar-refractivity contribution in [1.82, 2.24) is 15.5 Å². The van der Waals surface area contributed by atoms with Crippen LogP contribution in [0.15, 0.2) is 0 Å². The van der Waals surface area contributed by atoms with Crippen molar-refractivity contribution >= 4 is 5.91 Å². The first-order chi connectivity index (χ1) is 10.3. The highest BCUT2D eigenvalue weighted by Crippen LogP contribution is 2.29. The number of piperidine rings is 1. The fourth-order valence-corrected chi connectivity index (χ4v) is 4.54. The van der Waals surface area contributed by atoms with E-state index in [4.69, 9.17) is 0 Å². The van der Waals surface area contributed by atoms with E-state index in [2.05, 4.69) is 22.5 Å². The van der Waals surface area contributed by atoms with Gasteiger partial charge in [-0.1, -0.05) is 12.8 Å². The van der Waals surface area contributed by atoms with Crippen LogP contribution in [0.2, 0.25) is 0 Å². The molecule has 4 heteroatoms. The van der Waals surface area contributed by atoms with Crippen molar-refractivity contribution in [2.75, 3.05) is 19.6 Å². The number of amides is 1. The molecule has 3 fully saturated rings. The summed E-state index contributed by atoms with van der Waals surface area (Å²) in [6.45, 7) is 5.53. The summed E-state index contributed by atoms with van der Waals surface area (Å²) >= 11 is 0. The first-order valence-corrected chi connectivity index (χ1v) is 9.02. The number of hydrogen-bond donors (Lipinski definition) is 2. The molecule has 1 aliphatic carbocycles. The molecule has 0 radical (unpaired) electrons. The van der Waals surface area contributed by atoms with Gasteiger partial charge in [0.2, 0.25) is 5.91 Å². The standard InChI is InChI=1S/C17H31N3O/c1-13(14-5-2-3-6-14)19-17(21)16-7-4-12-20(16)15-8-10-18-11-9-15/h13-16,18H,2-12H2,1H3,(H,19,21)/t13-,16?/m0/s1. The Hall–Kier alpha value is -0.610. The Morgan fingerprint density at radius 3 is 2.52 bits per heavy atom. The van der Waals surface area contributed by atoms with E-state index in [9.17, 15) is 4.79 Å². The van der Waals surface area contributed by atoms with Crippen molar-refractivity contribution in [1.29, 1.82) is 0 Å². The Morgan fingerprint density at radius 1 is 1.10 bits per heavy atom. The van der Waals surface area contributed by atoms with Crippen molar-refractivity contribution in [2.24, 2.45) is 5.92 Å². The Labute approximate surface area is 129 Å². The molecule has 1 unspecified atom stereocenters. The average Bonchev–Trinajstić information content (AvgIpc) is 3.19. The lowest BCUT2D eigenvalue weighted by molar-refractivity contribution is -0.127. The number of rotatable bonds is 4. The van der Waals surface area contributed by atoms with Gasteiger partial charge in [-0.05, 0) is 71.0 Å². The van der Waals surface area contributed by atoms with Gasteiger partial charge in [0.25, 0.3) is 0 Å². The summed E-state index contributed by atoms with van der Waals surface area (Å²) in [6.07, 6.45) is 9.90. The van der Waals surface area contributed by atoms with Crippen LogP contribution in [0.3, 0.4) is 0 Å². The number of likely N-dealkylation sites (tertiary alicyclic amines) is 1. The van der Waals surface area contributed by atoms with E-state index in [1.165, 1.54) is 44.9 Å². The highest BCUT2D eigenvalue weighted by molar-refractivity contribution is 5.82. The molecule has 3 rings (SSSR count). The Balaban J connectivity index is 1.54. The van der Waals surface area contributed by atoms with E-state index in [0.29, 0.717) is 23.9 Å². The zero-order valence-electron chi connectivity index (χ0n) is 13.4. The van der Waals surface area contributed by atoms with Gasteiger partial charge in [0.1, 0.15) is 0 Å². The summed E-state index contributed by atoms with van der Waals surface area (Å²) in [5.41, 5.74) is 0. The molecule has 0 aromatic rings. The maximum atomic E-state index is 12.7. The van der Waals surface area contributed by atoms with Crippen LogP contribution in [-0.2, 0) is 4.79 Å². The molecule has 2 saturated heterocycles. The number of hydrogen-bond acceptors (Lipinski definition) is 3. The first-order valence-electron chi connectivity index (χ1n) is 9.02. The summed E-state index contributed by atoms with van der Waals surface area (Å²) in [5.74, 6) is 1.01. The van der Waals surface area contributed by atoms with Crippen molar-refractivity contribution in [3.05, 3.63) is 0 Å². The largest absolute Gasteiger partial charge is 0.352 e. The summed E-state index contributed by atoms with van der Waals surface area (Å²) in [6, 6.07) is 1.11. The van der Waals surface area contributed by atoms with Crippen molar-refractivity contribution in [3.8, 4) is 0 Å². The second-order valence-corrected chi connectivity index (χ2v) is 7.22. The van der Waals surface area contributed by atoms with Gasteiger partial charge < -0.3 is 10.6 Å². The summed E-state index contributed by atoms with van der Waals surface area (Å²) < 4.78 is 0. The minimum atomic E-state index is 0.136. The summed E-state index contributed by atoms with van der Waals surface area (Å²) in [7, 11) is 0. The van der Waals surface area contributed by atoms with E-state index in [1.54, 1.807) is 0 Å². The van der Waals surface area contributed by atoms with E-state index in [-0.39, 0.29) is 6.04 Å². The number of nitrogens with one attached hydrogen (secondary N) is 2. The molecular formula is C17H31N3O. The molecule has 0 aromatic carbocycles. The Morgan fingerprint density at radius 2 is 1.81 bits per heavy atom. The van der Waals surface area contributed by atoms with Crippen LogP contribution in [0.1, 0.15) is 58.3 Å². The molecule has 0 spiro atoms. The van der Waals surface area contributed by atoms with E-state index < -0.39 is 0 Å². The molecular weight excluding hydrogens is 262 g/mol. The lowest BCUT2D eigenvalue weighted by Crippen LogP contribution is -2.52. The number of nitrogens with zero attached hydrogens (tertiary/aromatic N) is 1. The third kappa shape index (κ3) is 3.59. The minimum absolute atomic E-state index is 0.136. The molecule has 4 nitrogen and oxygen atoms in total. The average molecular weight is 293 g/mol. The van der Waals surface area contributed by atoms with Crippen molar-refractivity contribution in [2.45, 2.75) is 76.4 Å². The highest BCUT2D eigenvalue weighted by atomic mass is 16.2. The quantitative estimate of drug-likeness (QED) is 0.832. The van der Waals surface area contributed by atoms with Gasteiger partial charge in [-0.15, -0.1) is 0 Å². The van der Waals surface area contributed by atoms with Crippen LogP contribution >= 0.6 is 0 Å². The molecule has 120 valence electrons. The Bertz CT molecular complexity index is 348. The third-order valence-electron chi connectivity index (χ3n) is 5.85. The second-order valence-electron chi connectivity index (χ2n) is 7.22. The van der Waals surface area contributed by atoms with E-state index in [0.717, 1.165) is 26.1 Å². The third-order valence-corrected chi connectivity index (χ3v) is 5.85. The molecule has 2 heterocycles. The van der Waals surface area contributed by atoms with Gasteiger partial charge in [0.15, 0.2) is 0 Å². The van der Waals surface area contributed by atoms with Crippen LogP contribution in [0, 0.1) is 5.92 Å². The molecule has 1 amide bonds. The molecule has 2 atom stereocenters. The molecule has 1 saturated carbocycles. The van der Waals surface area contributed by atoms with Gasteiger partial charge >= 0.3 is 0 Å².